The second-order valence-corrected chi connectivity index (χ2v) is 6.13. The van der Waals surface area contributed by atoms with Crippen LogP contribution in [0.1, 0.15) is 33.6 Å². The van der Waals surface area contributed by atoms with E-state index in [1.807, 2.05) is 7.05 Å². The van der Waals surface area contributed by atoms with E-state index in [2.05, 4.69) is 31.0 Å². The summed E-state index contributed by atoms with van der Waals surface area (Å²) in [4.78, 5) is 13.5. The molecule has 0 heterocycles. The summed E-state index contributed by atoms with van der Waals surface area (Å²) in [5.74, 6) is 0. The summed E-state index contributed by atoms with van der Waals surface area (Å²) in [7, 11) is 3.76. The highest BCUT2D eigenvalue weighted by Gasteiger charge is 2.20. The van der Waals surface area contributed by atoms with Gasteiger partial charge in [-0.15, -0.1) is 0 Å². The molecule has 4 heteroatoms. The lowest BCUT2D eigenvalue weighted by Crippen LogP contribution is -2.28. The molecule has 0 aromatic heterocycles. The summed E-state index contributed by atoms with van der Waals surface area (Å²) in [5.41, 5.74) is 1.90. The number of hydrogen-bond donors (Lipinski definition) is 1. The fourth-order valence-electron chi connectivity index (χ4n) is 1.93. The van der Waals surface area contributed by atoms with Gasteiger partial charge >= 0.3 is 0 Å². The van der Waals surface area contributed by atoms with E-state index in [0.717, 1.165) is 18.7 Å². The molecule has 1 aromatic rings. The zero-order valence-corrected chi connectivity index (χ0v) is 12.2. The van der Waals surface area contributed by atoms with Crippen molar-refractivity contribution >= 4 is 23.6 Å². The molecular formula is C13H22N2OS. The molecule has 3 nitrogen and oxygen atoms in total. The lowest BCUT2D eigenvalue weighted by Gasteiger charge is -2.26. The van der Waals surface area contributed by atoms with Crippen LogP contribution in [-0.4, -0.2) is 20.6 Å². The average Bonchev–Trinajstić information content (AvgIpc) is 2.22. The van der Waals surface area contributed by atoms with Crippen LogP contribution in [0.4, 0.5) is 11.4 Å². The van der Waals surface area contributed by atoms with Crippen molar-refractivity contribution in [2.75, 3.05) is 30.9 Å². The molecule has 0 atom stereocenters. The van der Waals surface area contributed by atoms with E-state index in [1.165, 1.54) is 6.42 Å². The van der Waals surface area contributed by atoms with Crippen LogP contribution in [0.25, 0.3) is 0 Å². The van der Waals surface area contributed by atoms with E-state index in [-0.39, 0.29) is 5.43 Å². The predicted molar refractivity (Wildman–Crippen MR) is 77.4 cm³/mol. The minimum absolute atomic E-state index is 0.0276. The Kier molecular flexibility index (Phi) is 4.31. The van der Waals surface area contributed by atoms with Crippen LogP contribution in [-0.2, 0) is 0 Å². The number of rotatable bonds is 5. The van der Waals surface area contributed by atoms with Crippen molar-refractivity contribution in [1.82, 2.24) is 0 Å². The van der Waals surface area contributed by atoms with E-state index in [4.69, 9.17) is 12.2 Å². The first-order valence-corrected chi connectivity index (χ1v) is 6.41. The van der Waals surface area contributed by atoms with Gasteiger partial charge in [-0.1, -0.05) is 33.0 Å². The van der Waals surface area contributed by atoms with Gasteiger partial charge in [0.2, 0.25) is 5.43 Å². The van der Waals surface area contributed by atoms with Gasteiger partial charge in [0.1, 0.15) is 10.2 Å². The molecule has 1 aromatic carbocycles. The fourth-order valence-corrected chi connectivity index (χ4v) is 2.29. The first kappa shape index (κ1) is 14.2. The van der Waals surface area contributed by atoms with Gasteiger partial charge in [0.25, 0.3) is 0 Å². The van der Waals surface area contributed by atoms with Crippen LogP contribution in [0.5, 0.6) is 0 Å². The molecule has 0 radical (unpaired) electrons. The molecule has 0 aliphatic heterocycles. The molecule has 0 spiro atoms. The van der Waals surface area contributed by atoms with Crippen LogP contribution in [0.2, 0.25) is 0 Å². The zero-order valence-electron chi connectivity index (χ0n) is 11.4. The summed E-state index contributed by atoms with van der Waals surface area (Å²) in [6.07, 6.45) is 2.28. The molecule has 0 saturated carbocycles. The molecule has 0 amide bonds. The van der Waals surface area contributed by atoms with Gasteiger partial charge in [0.05, 0.1) is 5.69 Å². The average molecular weight is 254 g/mol. The predicted octanol–water partition coefficient (Wildman–Crippen LogP) is 2.96. The first-order valence-electron chi connectivity index (χ1n) is 6.00. The van der Waals surface area contributed by atoms with Crippen molar-refractivity contribution < 1.29 is 0 Å². The Hall–Kier alpha value is -0.900. The molecule has 1 N–H and O–H groups in total. The Morgan fingerprint density at radius 2 is 1.94 bits per heavy atom. The Morgan fingerprint density at radius 1 is 1.35 bits per heavy atom. The summed E-state index contributed by atoms with van der Waals surface area (Å²) in [6, 6.07) is 0. The molecule has 0 aliphatic rings. The minimum atomic E-state index is -0.0276. The standard InChI is InChI=1S/C13H22N2OS/c1-13(2,3)7-6-8-15(5)10-9(14-4)11(16)12(10)17/h14H,6-8H2,1-5H3. The zero-order chi connectivity index (χ0) is 13.2. The largest absolute Gasteiger partial charge is 0.383 e. The van der Waals surface area contributed by atoms with Crippen molar-refractivity contribution in [3.05, 3.63) is 14.7 Å². The van der Waals surface area contributed by atoms with E-state index < -0.39 is 0 Å². The Labute approximate surface area is 109 Å². The molecule has 96 valence electrons. The van der Waals surface area contributed by atoms with E-state index in [0.29, 0.717) is 15.6 Å². The van der Waals surface area contributed by atoms with E-state index in [1.54, 1.807) is 7.05 Å². The number of anilines is 2. The van der Waals surface area contributed by atoms with Gasteiger partial charge in [-0.2, -0.15) is 0 Å². The van der Waals surface area contributed by atoms with Crippen molar-refractivity contribution in [3.63, 3.8) is 0 Å². The summed E-state index contributed by atoms with van der Waals surface area (Å²) in [6.45, 7) is 7.65. The van der Waals surface area contributed by atoms with Gasteiger partial charge in [-0.25, -0.2) is 0 Å². The second-order valence-electron chi connectivity index (χ2n) is 5.72. The van der Waals surface area contributed by atoms with Gasteiger partial charge < -0.3 is 10.2 Å². The molecule has 0 bridgehead atoms. The molecule has 0 saturated heterocycles. The van der Waals surface area contributed by atoms with Crippen molar-refractivity contribution in [1.29, 1.82) is 0 Å². The number of hydrogen-bond acceptors (Lipinski definition) is 4. The van der Waals surface area contributed by atoms with Gasteiger partial charge in [-0.3, -0.25) is 4.79 Å². The Bertz CT molecular complexity index is 452. The lowest BCUT2D eigenvalue weighted by molar-refractivity contribution is 0.367. The smallest absolute Gasteiger partial charge is 0.223 e. The third-order valence-corrected chi connectivity index (χ3v) is 3.32. The topological polar surface area (TPSA) is 32.3 Å². The SMILES string of the molecule is CNc1c(N(C)CCCC(C)(C)C)c(=S)c1=O. The third kappa shape index (κ3) is 3.28. The van der Waals surface area contributed by atoms with Crippen LogP contribution in [0, 0.1) is 9.93 Å². The monoisotopic (exact) mass is 254 g/mol. The van der Waals surface area contributed by atoms with E-state index in [9.17, 15) is 4.79 Å². The second kappa shape index (κ2) is 5.17. The lowest BCUT2D eigenvalue weighted by atomic mass is 9.90. The minimum Gasteiger partial charge on any atom is -0.383 e. The molecule has 0 fully saturated rings. The quantitative estimate of drug-likeness (QED) is 0.819. The third-order valence-electron chi connectivity index (χ3n) is 2.94. The molecular weight excluding hydrogens is 232 g/mol. The summed E-state index contributed by atoms with van der Waals surface area (Å²) < 4.78 is 0.465. The van der Waals surface area contributed by atoms with Gasteiger partial charge in [0.15, 0.2) is 0 Å². The Balaban J connectivity index is 2.60. The van der Waals surface area contributed by atoms with Gasteiger partial charge in [0, 0.05) is 20.6 Å². The fraction of sp³-hybridized carbons (Fsp3) is 0.692. The summed E-state index contributed by atoms with van der Waals surface area (Å²) >= 11 is 5.08. The highest BCUT2D eigenvalue weighted by molar-refractivity contribution is 7.71. The number of nitrogens with zero attached hydrogens (tertiary/aromatic N) is 1. The van der Waals surface area contributed by atoms with Crippen LogP contribution >= 0.6 is 12.2 Å². The first-order chi connectivity index (χ1) is 7.78. The Morgan fingerprint density at radius 3 is 2.41 bits per heavy atom. The highest BCUT2D eigenvalue weighted by atomic mass is 32.1. The maximum atomic E-state index is 11.5. The van der Waals surface area contributed by atoms with Crippen molar-refractivity contribution in [2.24, 2.45) is 5.41 Å². The normalized spacial score (nSPS) is 11.8. The summed E-state index contributed by atoms with van der Waals surface area (Å²) in [5, 5.41) is 2.92. The maximum absolute atomic E-state index is 11.5. The van der Waals surface area contributed by atoms with Gasteiger partial charge in [-0.05, 0) is 18.3 Å². The molecule has 17 heavy (non-hydrogen) atoms. The van der Waals surface area contributed by atoms with Crippen LogP contribution in [0.3, 0.4) is 0 Å². The van der Waals surface area contributed by atoms with Crippen molar-refractivity contribution in [2.45, 2.75) is 33.6 Å². The molecule has 1 rings (SSSR count). The van der Waals surface area contributed by atoms with Crippen LogP contribution in [0.15, 0.2) is 4.79 Å². The van der Waals surface area contributed by atoms with E-state index >= 15 is 0 Å². The molecule has 0 aliphatic carbocycles. The molecule has 0 unspecified atom stereocenters. The number of nitrogens with one attached hydrogen (secondary N) is 1. The highest BCUT2D eigenvalue weighted by Crippen LogP contribution is 2.27. The van der Waals surface area contributed by atoms with Crippen LogP contribution < -0.4 is 15.6 Å². The maximum Gasteiger partial charge on any atom is 0.223 e. The van der Waals surface area contributed by atoms with Crippen molar-refractivity contribution in [3.8, 4) is 0 Å².